The van der Waals surface area contributed by atoms with Crippen molar-refractivity contribution in [2.24, 2.45) is 0 Å². The summed E-state index contributed by atoms with van der Waals surface area (Å²) in [4.78, 5) is 54.1. The summed E-state index contributed by atoms with van der Waals surface area (Å²) in [5.74, 6) is -0.285. The molecule has 3 aromatic rings. The highest BCUT2D eigenvalue weighted by Gasteiger charge is 2.39. The van der Waals surface area contributed by atoms with E-state index in [-0.39, 0.29) is 29.8 Å². The zero-order chi connectivity index (χ0) is 29.9. The third-order valence-electron chi connectivity index (χ3n) is 8.57. The van der Waals surface area contributed by atoms with Gasteiger partial charge in [-0.25, -0.2) is 0 Å². The second kappa shape index (κ2) is 12.2. The molecule has 10 nitrogen and oxygen atoms in total. The quantitative estimate of drug-likeness (QED) is 0.407. The van der Waals surface area contributed by atoms with Gasteiger partial charge in [0.25, 0.3) is 11.5 Å². The maximum Gasteiger partial charge on any atom is 0.255 e. The van der Waals surface area contributed by atoms with Crippen molar-refractivity contribution in [3.8, 4) is 11.8 Å². The number of hydrogen-bond donors (Lipinski definition) is 1. The van der Waals surface area contributed by atoms with Crippen molar-refractivity contribution in [2.75, 3.05) is 13.2 Å². The van der Waals surface area contributed by atoms with Crippen molar-refractivity contribution in [1.82, 2.24) is 19.7 Å². The van der Waals surface area contributed by atoms with Crippen molar-refractivity contribution >= 4 is 17.7 Å². The van der Waals surface area contributed by atoms with Crippen molar-refractivity contribution < 1.29 is 19.1 Å². The molecular weight excluding hydrogens is 546 g/mol. The lowest BCUT2D eigenvalue weighted by atomic mass is 10.0. The Balaban J connectivity index is 1.10. The number of likely N-dealkylation sites (tertiary alicyclic amines) is 1. The van der Waals surface area contributed by atoms with Crippen LogP contribution in [0.4, 0.5) is 0 Å². The van der Waals surface area contributed by atoms with Crippen LogP contribution in [0.3, 0.4) is 0 Å². The molecule has 10 heteroatoms. The number of imide groups is 1. The molecule has 43 heavy (non-hydrogen) atoms. The number of nitrogens with one attached hydrogen (secondary N) is 1. The molecule has 3 aliphatic heterocycles. The Morgan fingerprint density at radius 2 is 1.86 bits per heavy atom. The molecule has 3 aliphatic rings. The van der Waals surface area contributed by atoms with E-state index in [1.54, 1.807) is 35.0 Å². The molecular formula is C33H33N5O5. The molecule has 4 heterocycles. The number of nitriles is 1. The molecule has 2 fully saturated rings. The molecule has 0 saturated carbocycles. The Morgan fingerprint density at radius 3 is 2.70 bits per heavy atom. The number of rotatable bonds is 8. The van der Waals surface area contributed by atoms with Crippen LogP contribution in [0.5, 0.6) is 5.75 Å². The largest absolute Gasteiger partial charge is 0.492 e. The molecule has 2 saturated heterocycles. The highest BCUT2D eigenvalue weighted by atomic mass is 16.5. The van der Waals surface area contributed by atoms with Crippen LogP contribution in [-0.4, -0.2) is 57.3 Å². The minimum absolute atomic E-state index is 0.0426. The van der Waals surface area contributed by atoms with Crippen LogP contribution in [0.2, 0.25) is 0 Å². The van der Waals surface area contributed by atoms with Gasteiger partial charge in [-0.1, -0.05) is 24.6 Å². The van der Waals surface area contributed by atoms with Gasteiger partial charge in [0.2, 0.25) is 11.8 Å². The Morgan fingerprint density at radius 1 is 0.977 bits per heavy atom. The van der Waals surface area contributed by atoms with Gasteiger partial charge in [-0.15, -0.1) is 0 Å². The summed E-state index contributed by atoms with van der Waals surface area (Å²) < 4.78 is 7.93. The van der Waals surface area contributed by atoms with E-state index in [0.717, 1.165) is 42.5 Å². The number of benzene rings is 2. The molecule has 6 rings (SSSR count). The minimum Gasteiger partial charge on any atom is -0.492 e. The van der Waals surface area contributed by atoms with Crippen LogP contribution in [-0.2, 0) is 29.2 Å². The van der Waals surface area contributed by atoms with Gasteiger partial charge >= 0.3 is 0 Å². The smallest absolute Gasteiger partial charge is 0.255 e. The summed E-state index contributed by atoms with van der Waals surface area (Å²) in [6.07, 6.45) is 5.41. The lowest BCUT2D eigenvalue weighted by Gasteiger charge is -2.35. The molecule has 220 valence electrons. The summed E-state index contributed by atoms with van der Waals surface area (Å²) in [5.41, 5.74) is 3.50. The zero-order valence-corrected chi connectivity index (χ0v) is 23.8. The normalized spacial score (nSPS) is 20.4. The summed E-state index contributed by atoms with van der Waals surface area (Å²) in [6.45, 7) is 2.54. The number of amides is 3. The fourth-order valence-corrected chi connectivity index (χ4v) is 6.28. The van der Waals surface area contributed by atoms with E-state index in [9.17, 15) is 24.4 Å². The van der Waals surface area contributed by atoms with E-state index >= 15 is 0 Å². The van der Waals surface area contributed by atoms with Crippen LogP contribution >= 0.6 is 0 Å². The first-order valence-corrected chi connectivity index (χ1v) is 14.7. The predicted octanol–water partition coefficient (Wildman–Crippen LogP) is 2.96. The van der Waals surface area contributed by atoms with Crippen molar-refractivity contribution in [3.63, 3.8) is 0 Å². The molecule has 3 amide bonds. The number of carbonyl (C=O) groups is 3. The van der Waals surface area contributed by atoms with Crippen LogP contribution in [0.25, 0.3) is 0 Å². The van der Waals surface area contributed by atoms with Crippen molar-refractivity contribution in [1.29, 1.82) is 5.26 Å². The summed E-state index contributed by atoms with van der Waals surface area (Å²) in [5, 5.41) is 11.5. The number of piperidine rings is 2. The second-order valence-corrected chi connectivity index (χ2v) is 11.4. The van der Waals surface area contributed by atoms with E-state index in [0.29, 0.717) is 49.5 Å². The van der Waals surface area contributed by atoms with E-state index in [4.69, 9.17) is 4.74 Å². The number of aromatic nitrogens is 1. The van der Waals surface area contributed by atoms with Crippen LogP contribution < -0.4 is 15.6 Å². The Hall–Kier alpha value is -4.75. The van der Waals surface area contributed by atoms with Gasteiger partial charge < -0.3 is 14.2 Å². The fourth-order valence-electron chi connectivity index (χ4n) is 6.28. The van der Waals surface area contributed by atoms with Crippen LogP contribution in [0, 0.1) is 11.3 Å². The van der Waals surface area contributed by atoms with Gasteiger partial charge in [0.1, 0.15) is 18.4 Å². The third-order valence-corrected chi connectivity index (χ3v) is 8.57. The number of carbonyl (C=O) groups excluding carboxylic acids is 3. The first kappa shape index (κ1) is 28.4. The molecule has 0 spiro atoms. The van der Waals surface area contributed by atoms with Crippen LogP contribution in [0.15, 0.2) is 65.6 Å². The SMILES string of the molecule is N#Cc1cccc(Cn2cccc(CN3CCCC[C@@H]3COc3ccc4c(c3)CN(C3CCC(=O)NC3=O)C4=O)c2=O)c1. The van der Waals surface area contributed by atoms with Gasteiger partial charge in [0, 0.05) is 42.9 Å². The molecule has 1 unspecified atom stereocenters. The number of ether oxygens (including phenoxy) is 1. The maximum atomic E-state index is 13.4. The van der Waals surface area contributed by atoms with Gasteiger partial charge in [0.05, 0.1) is 18.2 Å². The maximum absolute atomic E-state index is 13.4. The van der Waals surface area contributed by atoms with Gasteiger partial charge in [0.15, 0.2) is 0 Å². The molecule has 1 aromatic heterocycles. The average molecular weight is 580 g/mol. The van der Waals surface area contributed by atoms with Crippen LogP contribution in [0.1, 0.15) is 64.7 Å². The molecule has 2 atom stereocenters. The third kappa shape index (κ3) is 6.08. The zero-order valence-electron chi connectivity index (χ0n) is 23.8. The topological polar surface area (TPSA) is 125 Å². The van der Waals surface area contributed by atoms with E-state index < -0.39 is 11.9 Å². The Bertz CT molecular complexity index is 1670. The first-order chi connectivity index (χ1) is 20.9. The summed E-state index contributed by atoms with van der Waals surface area (Å²) >= 11 is 0. The summed E-state index contributed by atoms with van der Waals surface area (Å²) in [7, 11) is 0. The lowest BCUT2D eigenvalue weighted by molar-refractivity contribution is -0.136. The number of nitrogens with zero attached hydrogens (tertiary/aromatic N) is 4. The van der Waals surface area contributed by atoms with E-state index in [2.05, 4.69) is 16.3 Å². The average Bonchev–Trinajstić information content (AvgIpc) is 3.33. The summed E-state index contributed by atoms with van der Waals surface area (Å²) in [6, 6.07) is 18.1. The Kier molecular flexibility index (Phi) is 8.07. The monoisotopic (exact) mass is 579 g/mol. The minimum atomic E-state index is -0.650. The number of pyridine rings is 1. The second-order valence-electron chi connectivity index (χ2n) is 11.4. The first-order valence-electron chi connectivity index (χ1n) is 14.7. The lowest BCUT2D eigenvalue weighted by Crippen LogP contribution is -2.52. The number of fused-ring (bicyclic) bond motifs is 1. The molecule has 0 radical (unpaired) electrons. The molecule has 2 aromatic carbocycles. The highest BCUT2D eigenvalue weighted by Crippen LogP contribution is 2.30. The van der Waals surface area contributed by atoms with Gasteiger partial charge in [-0.2, -0.15) is 5.26 Å². The number of hydrogen-bond acceptors (Lipinski definition) is 7. The molecule has 0 aliphatic carbocycles. The standard InChI is InChI=1S/C33H33N5O5/c34-17-22-5-3-6-23(15-22)18-37-14-4-7-24(32(37)41)19-36-13-2-1-8-26(36)21-43-27-9-10-28-25(16-27)20-38(33(28)42)29-11-12-30(39)35-31(29)40/h3-7,9-10,14-16,26,29H,1-2,8,11-13,18-21H2,(H,35,39,40)/t26-,29?/m1/s1. The van der Waals surface area contributed by atoms with Crippen molar-refractivity contribution in [2.45, 2.75) is 63.8 Å². The predicted molar refractivity (Wildman–Crippen MR) is 157 cm³/mol. The van der Waals surface area contributed by atoms with E-state index in [1.165, 1.54) is 4.90 Å². The highest BCUT2D eigenvalue weighted by molar-refractivity contribution is 6.05. The van der Waals surface area contributed by atoms with Gasteiger partial charge in [-0.3, -0.25) is 29.4 Å². The van der Waals surface area contributed by atoms with Crippen molar-refractivity contribution in [3.05, 3.63) is 99.0 Å². The molecule has 0 bridgehead atoms. The van der Waals surface area contributed by atoms with Gasteiger partial charge in [-0.05, 0) is 73.3 Å². The van der Waals surface area contributed by atoms with E-state index in [1.807, 2.05) is 30.3 Å². The molecule has 1 N–H and O–H groups in total. The Labute approximate surface area is 249 Å². The fraction of sp³-hybridized carbons (Fsp3) is 0.364.